The summed E-state index contributed by atoms with van der Waals surface area (Å²) < 4.78 is 40.0. The van der Waals surface area contributed by atoms with E-state index in [2.05, 4.69) is 10.3 Å². The number of benzene rings is 2. The van der Waals surface area contributed by atoms with E-state index in [0.29, 0.717) is 5.69 Å². The number of aromatic nitrogens is 2. The quantitative estimate of drug-likeness (QED) is 0.417. The van der Waals surface area contributed by atoms with Crippen LogP contribution in [0.3, 0.4) is 0 Å². The molecule has 1 amide bonds. The summed E-state index contributed by atoms with van der Waals surface area (Å²) in [5, 5.41) is 4.59. The average Bonchev–Trinajstić information content (AvgIpc) is 3.23. The van der Waals surface area contributed by atoms with Crippen LogP contribution in [0.2, 0.25) is 0 Å². The largest absolute Gasteiger partial charge is 0.446 e. The lowest BCUT2D eigenvalue weighted by atomic mass is 10.1. The van der Waals surface area contributed by atoms with E-state index < -0.39 is 11.4 Å². The second-order valence-corrected chi connectivity index (χ2v) is 7.77. The molecule has 142 valence electrons. The van der Waals surface area contributed by atoms with Crippen molar-refractivity contribution >= 4 is 39.7 Å². The molecular weight excluding hydrogens is 407 g/mol. The molecule has 9 heteroatoms. The fourth-order valence-corrected chi connectivity index (χ4v) is 4.02. The number of halogens is 3. The molecule has 4 nitrogen and oxygen atoms in total. The molecule has 0 spiro atoms. The number of imidazole rings is 1. The molecule has 0 aliphatic rings. The first kappa shape index (κ1) is 18.6. The minimum Gasteiger partial charge on any atom is -0.322 e. The van der Waals surface area contributed by atoms with Crippen LogP contribution in [-0.2, 0) is 0 Å². The van der Waals surface area contributed by atoms with Gasteiger partial charge in [-0.2, -0.15) is 13.2 Å². The number of nitrogens with zero attached hydrogens (tertiary/aromatic N) is 2. The van der Waals surface area contributed by atoms with Crippen LogP contribution in [0, 0.1) is 0 Å². The summed E-state index contributed by atoms with van der Waals surface area (Å²) >= 11 is 1.23. The number of amides is 1. The highest BCUT2D eigenvalue weighted by molar-refractivity contribution is 8.00. The lowest BCUT2D eigenvalue weighted by Gasteiger charge is -2.11. The number of hydrogen-bond acceptors (Lipinski definition) is 4. The summed E-state index contributed by atoms with van der Waals surface area (Å²) in [7, 11) is 0. The number of rotatable bonds is 4. The topological polar surface area (TPSA) is 46.4 Å². The van der Waals surface area contributed by atoms with Gasteiger partial charge in [0.05, 0.1) is 11.3 Å². The van der Waals surface area contributed by atoms with Crippen molar-refractivity contribution in [2.24, 2.45) is 0 Å². The first-order chi connectivity index (χ1) is 13.4. The van der Waals surface area contributed by atoms with E-state index in [9.17, 15) is 18.0 Å². The van der Waals surface area contributed by atoms with Gasteiger partial charge in [-0.25, -0.2) is 4.98 Å². The lowest BCUT2D eigenvalue weighted by molar-refractivity contribution is -0.0328. The molecule has 4 rings (SSSR count). The molecule has 2 aromatic heterocycles. The van der Waals surface area contributed by atoms with Gasteiger partial charge in [0.2, 0.25) is 0 Å². The Morgan fingerprint density at radius 2 is 1.86 bits per heavy atom. The third kappa shape index (κ3) is 4.05. The Hall–Kier alpha value is -2.78. The van der Waals surface area contributed by atoms with Crippen molar-refractivity contribution in [2.45, 2.75) is 10.4 Å². The first-order valence-corrected chi connectivity index (χ1v) is 9.77. The van der Waals surface area contributed by atoms with Crippen molar-refractivity contribution < 1.29 is 18.0 Å². The van der Waals surface area contributed by atoms with Crippen LogP contribution in [0.1, 0.15) is 10.4 Å². The fraction of sp³-hybridized carbons (Fsp3) is 0.0526. The Balaban J connectivity index is 1.52. The lowest BCUT2D eigenvalue weighted by Crippen LogP contribution is -2.14. The van der Waals surface area contributed by atoms with Crippen LogP contribution in [0.15, 0.2) is 71.2 Å². The van der Waals surface area contributed by atoms with Crippen LogP contribution in [0.5, 0.6) is 0 Å². The molecule has 0 aliphatic carbocycles. The zero-order valence-corrected chi connectivity index (χ0v) is 15.7. The first-order valence-electron chi connectivity index (χ1n) is 8.08. The average molecular weight is 419 g/mol. The second-order valence-electron chi connectivity index (χ2n) is 5.79. The maximum Gasteiger partial charge on any atom is 0.446 e. The summed E-state index contributed by atoms with van der Waals surface area (Å²) in [6, 6.07) is 12.6. The third-order valence-corrected chi connectivity index (χ3v) is 5.47. The summed E-state index contributed by atoms with van der Waals surface area (Å²) in [5.74, 6) is -0.595. The van der Waals surface area contributed by atoms with Crippen LogP contribution in [0.25, 0.3) is 16.2 Å². The number of fused-ring (bicyclic) bond motifs is 1. The molecule has 0 unspecified atom stereocenters. The van der Waals surface area contributed by atoms with Gasteiger partial charge in [-0.3, -0.25) is 9.20 Å². The molecule has 0 bridgehead atoms. The van der Waals surface area contributed by atoms with Gasteiger partial charge in [0, 0.05) is 33.9 Å². The Morgan fingerprint density at radius 3 is 2.57 bits per heavy atom. The number of hydrogen-bond donors (Lipinski definition) is 1. The molecular formula is C19H12F3N3OS2. The third-order valence-electron chi connectivity index (χ3n) is 3.89. The summed E-state index contributed by atoms with van der Waals surface area (Å²) in [6.45, 7) is 0. The van der Waals surface area contributed by atoms with Gasteiger partial charge in [0.1, 0.15) is 0 Å². The Bertz CT molecular complexity index is 1100. The number of carbonyl (C=O) groups excluding carboxylic acids is 1. The summed E-state index contributed by atoms with van der Waals surface area (Å²) in [6.07, 6.45) is 3.82. The number of anilines is 1. The van der Waals surface area contributed by atoms with Crippen molar-refractivity contribution in [1.82, 2.24) is 9.38 Å². The minimum absolute atomic E-state index is 0.0248. The van der Waals surface area contributed by atoms with Gasteiger partial charge in [0.15, 0.2) is 4.96 Å². The highest BCUT2D eigenvalue weighted by atomic mass is 32.2. The van der Waals surface area contributed by atoms with Crippen molar-refractivity contribution in [1.29, 1.82) is 0 Å². The molecule has 0 fully saturated rings. The van der Waals surface area contributed by atoms with Crippen molar-refractivity contribution in [3.8, 4) is 11.3 Å². The van der Waals surface area contributed by atoms with Gasteiger partial charge in [-0.1, -0.05) is 24.3 Å². The Labute approximate surface area is 166 Å². The number of nitrogens with one attached hydrogen (secondary N) is 1. The minimum atomic E-state index is -4.46. The number of thiazole rings is 1. The maximum absolute atomic E-state index is 12.7. The highest BCUT2D eigenvalue weighted by Crippen LogP contribution is 2.38. The Morgan fingerprint density at radius 1 is 1.11 bits per heavy atom. The van der Waals surface area contributed by atoms with Crippen LogP contribution in [-0.4, -0.2) is 20.8 Å². The van der Waals surface area contributed by atoms with Crippen molar-refractivity contribution in [2.75, 3.05) is 5.32 Å². The molecule has 2 heterocycles. The second kappa shape index (κ2) is 7.33. The van der Waals surface area contributed by atoms with Gasteiger partial charge < -0.3 is 5.32 Å². The monoisotopic (exact) mass is 419 g/mol. The highest BCUT2D eigenvalue weighted by Gasteiger charge is 2.31. The SMILES string of the molecule is O=C(Nc1ccc(-c2cn3ccsc3n2)cc1)c1ccccc1SC(F)(F)F. The van der Waals surface area contributed by atoms with Gasteiger partial charge in [0.25, 0.3) is 5.91 Å². The van der Waals surface area contributed by atoms with Crippen LogP contribution < -0.4 is 5.32 Å². The van der Waals surface area contributed by atoms with E-state index in [1.807, 2.05) is 22.2 Å². The molecule has 0 radical (unpaired) electrons. The zero-order valence-electron chi connectivity index (χ0n) is 14.1. The Kier molecular flexibility index (Phi) is 4.86. The van der Waals surface area contributed by atoms with E-state index in [4.69, 9.17) is 0 Å². The molecule has 28 heavy (non-hydrogen) atoms. The van der Waals surface area contributed by atoms with Crippen molar-refractivity contribution in [3.05, 3.63) is 71.9 Å². The summed E-state index contributed by atoms with van der Waals surface area (Å²) in [5.41, 5.74) is -2.32. The van der Waals surface area contributed by atoms with Gasteiger partial charge in [-0.05, 0) is 36.0 Å². The predicted molar refractivity (Wildman–Crippen MR) is 105 cm³/mol. The standard InChI is InChI=1S/C19H12F3N3OS2/c20-19(21,22)28-16-4-2-1-3-14(16)17(26)23-13-7-5-12(6-8-13)15-11-25-9-10-27-18(25)24-15/h1-11H,(H,23,26). The molecule has 4 aromatic rings. The van der Waals surface area contributed by atoms with E-state index in [-0.39, 0.29) is 22.2 Å². The molecule has 0 atom stereocenters. The van der Waals surface area contributed by atoms with E-state index in [0.717, 1.165) is 16.2 Å². The van der Waals surface area contributed by atoms with Crippen LogP contribution >= 0.6 is 23.1 Å². The molecule has 1 N–H and O–H groups in total. The molecule has 2 aromatic carbocycles. The maximum atomic E-state index is 12.7. The number of carbonyl (C=O) groups is 1. The number of thioether (sulfide) groups is 1. The normalized spacial score (nSPS) is 11.7. The smallest absolute Gasteiger partial charge is 0.322 e. The molecule has 0 saturated heterocycles. The fourth-order valence-electron chi connectivity index (χ4n) is 2.66. The molecule has 0 saturated carbocycles. The summed E-state index contributed by atoms with van der Waals surface area (Å²) in [4.78, 5) is 17.7. The predicted octanol–water partition coefficient (Wildman–Crippen LogP) is 5.93. The van der Waals surface area contributed by atoms with Gasteiger partial charge in [-0.15, -0.1) is 11.3 Å². The van der Waals surface area contributed by atoms with Gasteiger partial charge >= 0.3 is 5.51 Å². The van der Waals surface area contributed by atoms with E-state index in [1.54, 1.807) is 24.3 Å². The van der Waals surface area contributed by atoms with E-state index in [1.165, 1.54) is 35.6 Å². The van der Waals surface area contributed by atoms with E-state index >= 15 is 0 Å². The number of alkyl halides is 3. The molecule has 0 aliphatic heterocycles. The van der Waals surface area contributed by atoms with Crippen LogP contribution in [0.4, 0.5) is 18.9 Å². The van der Waals surface area contributed by atoms with Crippen molar-refractivity contribution in [3.63, 3.8) is 0 Å². The zero-order chi connectivity index (χ0) is 19.7.